The first-order valence-electron chi connectivity index (χ1n) is 7.42. The summed E-state index contributed by atoms with van der Waals surface area (Å²) in [5.41, 5.74) is 2.34. The van der Waals surface area contributed by atoms with E-state index in [1.165, 1.54) is 7.11 Å². The van der Waals surface area contributed by atoms with E-state index in [2.05, 4.69) is 25.5 Å². The van der Waals surface area contributed by atoms with Crippen molar-refractivity contribution < 1.29 is 9.53 Å². The van der Waals surface area contributed by atoms with E-state index in [1.807, 2.05) is 6.07 Å². The van der Waals surface area contributed by atoms with Crippen LogP contribution in [0.5, 0.6) is 5.75 Å². The van der Waals surface area contributed by atoms with Gasteiger partial charge in [0, 0.05) is 15.9 Å². The number of fused-ring (bicyclic) bond motifs is 3. The van der Waals surface area contributed by atoms with Crippen LogP contribution >= 0.6 is 11.6 Å². The minimum Gasteiger partial charge on any atom is -0.496 e. The molecule has 2 aromatic carbocycles. The first-order chi connectivity index (χ1) is 12.2. The Kier molecular flexibility index (Phi) is 3.70. The summed E-state index contributed by atoms with van der Waals surface area (Å²) in [6.07, 6.45) is 0. The smallest absolute Gasteiger partial charge is 0.261 e. The third kappa shape index (κ3) is 2.74. The number of aromatic nitrogens is 4. The largest absolute Gasteiger partial charge is 0.496 e. The van der Waals surface area contributed by atoms with Gasteiger partial charge >= 0.3 is 0 Å². The predicted molar refractivity (Wildman–Crippen MR) is 95.1 cm³/mol. The van der Waals surface area contributed by atoms with Crippen molar-refractivity contribution in [2.75, 3.05) is 12.4 Å². The van der Waals surface area contributed by atoms with Gasteiger partial charge in [0.2, 0.25) is 0 Å². The number of carbonyl (C=O) groups excluding carboxylic acids is 1. The SMILES string of the molecule is COc1ccccc1C(=O)Nc1nnc2c(n1)[nH]c1ccc(Cl)cc12. The molecule has 2 N–H and O–H groups in total. The number of hydrogen-bond donors (Lipinski definition) is 2. The topological polar surface area (TPSA) is 92.8 Å². The highest BCUT2D eigenvalue weighted by Gasteiger charge is 2.15. The summed E-state index contributed by atoms with van der Waals surface area (Å²) in [4.78, 5) is 19.9. The number of nitrogens with one attached hydrogen (secondary N) is 2. The van der Waals surface area contributed by atoms with Gasteiger partial charge in [0.15, 0.2) is 5.65 Å². The number of amides is 1. The van der Waals surface area contributed by atoms with Crippen LogP contribution in [0.15, 0.2) is 42.5 Å². The summed E-state index contributed by atoms with van der Waals surface area (Å²) in [7, 11) is 1.51. The second kappa shape index (κ2) is 6.03. The van der Waals surface area contributed by atoms with Crippen LogP contribution in [-0.2, 0) is 0 Å². The van der Waals surface area contributed by atoms with Gasteiger partial charge in [0.05, 0.1) is 12.7 Å². The van der Waals surface area contributed by atoms with Gasteiger partial charge < -0.3 is 9.72 Å². The molecule has 0 spiro atoms. The number of benzene rings is 2. The van der Waals surface area contributed by atoms with E-state index in [0.717, 1.165) is 10.9 Å². The van der Waals surface area contributed by atoms with Crippen molar-refractivity contribution in [3.63, 3.8) is 0 Å². The number of ether oxygens (including phenoxy) is 1. The molecule has 0 saturated heterocycles. The molecule has 4 rings (SSSR count). The van der Waals surface area contributed by atoms with Gasteiger partial charge in [-0.25, -0.2) is 0 Å². The summed E-state index contributed by atoms with van der Waals surface area (Å²) < 4.78 is 5.19. The zero-order valence-electron chi connectivity index (χ0n) is 13.1. The molecular weight excluding hydrogens is 342 g/mol. The maximum absolute atomic E-state index is 12.4. The van der Waals surface area contributed by atoms with Crippen molar-refractivity contribution in [1.82, 2.24) is 20.2 Å². The standard InChI is InChI=1S/C17H12ClN5O2/c1-25-13-5-3-2-4-10(13)16(24)21-17-20-15-14(22-23-17)11-8-9(18)6-7-12(11)19-15/h2-8H,1H3,(H2,19,20,21,23,24). The average Bonchev–Trinajstić information content (AvgIpc) is 2.98. The highest BCUT2D eigenvalue weighted by molar-refractivity contribution is 6.31. The first-order valence-corrected chi connectivity index (χ1v) is 7.79. The molecule has 0 radical (unpaired) electrons. The molecule has 1 amide bonds. The van der Waals surface area contributed by atoms with Crippen molar-refractivity contribution in [2.45, 2.75) is 0 Å². The molecule has 25 heavy (non-hydrogen) atoms. The molecule has 0 fully saturated rings. The fraction of sp³-hybridized carbons (Fsp3) is 0.0588. The zero-order chi connectivity index (χ0) is 17.4. The molecule has 0 aliphatic heterocycles. The molecule has 8 heteroatoms. The van der Waals surface area contributed by atoms with Crippen molar-refractivity contribution in [3.05, 3.63) is 53.1 Å². The minimum atomic E-state index is -0.377. The fourth-order valence-corrected chi connectivity index (χ4v) is 2.77. The fourth-order valence-electron chi connectivity index (χ4n) is 2.60. The Morgan fingerprint density at radius 3 is 2.88 bits per heavy atom. The quantitative estimate of drug-likeness (QED) is 0.588. The van der Waals surface area contributed by atoms with Gasteiger partial charge in [-0.2, -0.15) is 4.98 Å². The maximum Gasteiger partial charge on any atom is 0.261 e. The predicted octanol–water partition coefficient (Wildman–Crippen LogP) is 3.42. The second-order valence-corrected chi connectivity index (χ2v) is 5.74. The Bertz CT molecular complexity index is 1110. The average molecular weight is 354 g/mol. The van der Waals surface area contributed by atoms with Gasteiger partial charge in [-0.1, -0.05) is 23.7 Å². The number of carbonyl (C=O) groups is 1. The van der Waals surface area contributed by atoms with Crippen molar-refractivity contribution in [2.24, 2.45) is 0 Å². The molecule has 2 aromatic heterocycles. The Hall–Kier alpha value is -3.19. The molecule has 0 aliphatic rings. The zero-order valence-corrected chi connectivity index (χ0v) is 13.8. The number of rotatable bonds is 3. The van der Waals surface area contributed by atoms with Crippen molar-refractivity contribution >= 4 is 45.5 Å². The molecule has 0 atom stereocenters. The van der Waals surface area contributed by atoms with E-state index in [4.69, 9.17) is 16.3 Å². The second-order valence-electron chi connectivity index (χ2n) is 5.30. The van der Waals surface area contributed by atoms with E-state index in [9.17, 15) is 4.79 Å². The van der Waals surface area contributed by atoms with E-state index in [-0.39, 0.29) is 11.9 Å². The van der Waals surface area contributed by atoms with Crippen LogP contribution in [-0.4, -0.2) is 33.2 Å². The Morgan fingerprint density at radius 1 is 1.20 bits per heavy atom. The molecule has 0 unspecified atom stereocenters. The number of nitrogens with zero attached hydrogens (tertiary/aromatic N) is 3. The molecular formula is C17H12ClN5O2. The summed E-state index contributed by atoms with van der Waals surface area (Å²) in [6.45, 7) is 0. The highest BCUT2D eigenvalue weighted by Crippen LogP contribution is 2.25. The molecule has 0 saturated carbocycles. The lowest BCUT2D eigenvalue weighted by Crippen LogP contribution is -2.15. The number of H-pyrrole nitrogens is 1. The van der Waals surface area contributed by atoms with Gasteiger partial charge in [0.25, 0.3) is 11.9 Å². The van der Waals surface area contributed by atoms with Crippen LogP contribution in [0.25, 0.3) is 22.1 Å². The monoisotopic (exact) mass is 353 g/mol. The van der Waals surface area contributed by atoms with Crippen LogP contribution in [0.3, 0.4) is 0 Å². The van der Waals surface area contributed by atoms with Crippen LogP contribution in [0.1, 0.15) is 10.4 Å². The lowest BCUT2D eigenvalue weighted by atomic mass is 10.2. The van der Waals surface area contributed by atoms with Gasteiger partial charge in [-0.15, -0.1) is 10.2 Å². The van der Waals surface area contributed by atoms with Crippen LogP contribution in [0.4, 0.5) is 5.95 Å². The summed E-state index contributed by atoms with van der Waals surface area (Å²) in [5.74, 6) is 0.188. The van der Waals surface area contributed by atoms with Gasteiger partial charge in [-0.3, -0.25) is 10.1 Å². The molecule has 7 nitrogen and oxygen atoms in total. The summed E-state index contributed by atoms with van der Waals surface area (Å²) in [6, 6.07) is 12.3. The number of anilines is 1. The van der Waals surface area contributed by atoms with Gasteiger partial charge in [0.1, 0.15) is 11.3 Å². The van der Waals surface area contributed by atoms with E-state index in [0.29, 0.717) is 27.5 Å². The van der Waals surface area contributed by atoms with E-state index < -0.39 is 0 Å². The molecule has 124 valence electrons. The van der Waals surface area contributed by atoms with E-state index >= 15 is 0 Å². The summed E-state index contributed by atoms with van der Waals surface area (Å²) in [5, 5.41) is 12.2. The van der Waals surface area contributed by atoms with Crippen molar-refractivity contribution in [1.29, 1.82) is 0 Å². The van der Waals surface area contributed by atoms with Gasteiger partial charge in [-0.05, 0) is 30.3 Å². The summed E-state index contributed by atoms with van der Waals surface area (Å²) >= 11 is 6.02. The number of halogens is 1. The molecule has 0 bridgehead atoms. The Balaban J connectivity index is 1.70. The van der Waals surface area contributed by atoms with Crippen molar-refractivity contribution in [3.8, 4) is 5.75 Å². The third-order valence-corrected chi connectivity index (χ3v) is 3.99. The minimum absolute atomic E-state index is 0.0982. The maximum atomic E-state index is 12.4. The number of aromatic amines is 1. The Labute approximate surface area is 147 Å². The Morgan fingerprint density at radius 2 is 2.04 bits per heavy atom. The number of hydrogen-bond acceptors (Lipinski definition) is 5. The third-order valence-electron chi connectivity index (χ3n) is 3.75. The van der Waals surface area contributed by atoms with Crippen LogP contribution in [0.2, 0.25) is 5.02 Å². The van der Waals surface area contributed by atoms with E-state index in [1.54, 1.807) is 36.4 Å². The first kappa shape index (κ1) is 15.3. The molecule has 2 heterocycles. The van der Waals surface area contributed by atoms with Crippen LogP contribution in [0, 0.1) is 0 Å². The lowest BCUT2D eigenvalue weighted by molar-refractivity contribution is 0.102. The highest BCUT2D eigenvalue weighted by atomic mass is 35.5. The lowest BCUT2D eigenvalue weighted by Gasteiger charge is -2.07. The normalized spacial score (nSPS) is 11.0. The molecule has 4 aromatic rings. The van der Waals surface area contributed by atoms with Crippen LogP contribution < -0.4 is 10.1 Å². The number of para-hydroxylation sites is 1. The molecule has 0 aliphatic carbocycles. The number of methoxy groups -OCH3 is 1.